The van der Waals surface area contributed by atoms with E-state index in [0.717, 1.165) is 12.8 Å². The van der Waals surface area contributed by atoms with Crippen LogP contribution in [-0.4, -0.2) is 73.7 Å². The smallest absolute Gasteiger partial charge is 0.417 e. The fourth-order valence-corrected chi connectivity index (χ4v) is 5.39. The van der Waals surface area contributed by atoms with Crippen molar-refractivity contribution < 1.29 is 28.3 Å². The van der Waals surface area contributed by atoms with Crippen LogP contribution in [0.4, 0.5) is 9.59 Å². The number of likely N-dealkylation sites (tertiary alicyclic amines) is 2. The number of rotatable bonds is 6. The Morgan fingerprint density at radius 2 is 1.70 bits per heavy atom. The standard InChI is InChI=1S/C24H44N2O6Si/c1-10-11-12-30-21(28)25-16-18(32-33(8,9)24(5,6)7)14-19(25)17-13-20(27)26(15-17)22(29)31-23(2,3)4/h17-19H,10-16H2,1-9H3. The van der Waals surface area contributed by atoms with Crippen LogP contribution in [0.15, 0.2) is 0 Å². The van der Waals surface area contributed by atoms with E-state index in [1.165, 1.54) is 4.90 Å². The molecule has 2 aliphatic heterocycles. The van der Waals surface area contributed by atoms with Crippen LogP contribution in [0, 0.1) is 5.92 Å². The maximum Gasteiger partial charge on any atom is 0.417 e. The number of carbonyl (C=O) groups is 3. The lowest BCUT2D eigenvalue weighted by molar-refractivity contribution is -0.127. The van der Waals surface area contributed by atoms with Gasteiger partial charge in [-0.1, -0.05) is 34.1 Å². The second kappa shape index (κ2) is 10.3. The van der Waals surface area contributed by atoms with E-state index < -0.39 is 20.0 Å². The van der Waals surface area contributed by atoms with Crippen LogP contribution in [0.5, 0.6) is 0 Å². The lowest BCUT2D eigenvalue weighted by Gasteiger charge is -2.38. The highest BCUT2D eigenvalue weighted by molar-refractivity contribution is 6.74. The molecule has 3 amide bonds. The first-order chi connectivity index (χ1) is 15.1. The molecule has 2 saturated heterocycles. The van der Waals surface area contributed by atoms with Gasteiger partial charge in [0.15, 0.2) is 8.32 Å². The molecule has 0 aromatic heterocycles. The van der Waals surface area contributed by atoms with Gasteiger partial charge in [0.1, 0.15) is 5.60 Å². The largest absolute Gasteiger partial charge is 0.449 e. The average Bonchev–Trinajstić information content (AvgIpc) is 3.22. The predicted molar refractivity (Wildman–Crippen MR) is 129 cm³/mol. The molecule has 0 aromatic carbocycles. The van der Waals surface area contributed by atoms with E-state index in [2.05, 4.69) is 33.9 Å². The number of unbranched alkanes of at least 4 members (excludes halogenated alkanes) is 1. The summed E-state index contributed by atoms with van der Waals surface area (Å²) in [6.45, 7) is 19.4. The summed E-state index contributed by atoms with van der Waals surface area (Å²) in [4.78, 5) is 41.1. The fraction of sp³-hybridized carbons (Fsp3) is 0.875. The zero-order valence-electron chi connectivity index (χ0n) is 22.0. The molecule has 3 unspecified atom stereocenters. The Bertz CT molecular complexity index is 727. The second-order valence-electron chi connectivity index (χ2n) is 11.9. The van der Waals surface area contributed by atoms with E-state index in [9.17, 15) is 14.4 Å². The highest BCUT2D eigenvalue weighted by Gasteiger charge is 2.49. The molecule has 0 radical (unpaired) electrons. The summed E-state index contributed by atoms with van der Waals surface area (Å²) >= 11 is 0. The normalized spacial score (nSPS) is 24.4. The highest BCUT2D eigenvalue weighted by Crippen LogP contribution is 2.40. The minimum absolute atomic E-state index is 0.0500. The molecule has 0 bridgehead atoms. The van der Waals surface area contributed by atoms with E-state index >= 15 is 0 Å². The van der Waals surface area contributed by atoms with E-state index in [4.69, 9.17) is 13.9 Å². The molecule has 0 aliphatic carbocycles. The molecule has 0 saturated carbocycles. The molecule has 2 fully saturated rings. The quantitative estimate of drug-likeness (QED) is 0.382. The van der Waals surface area contributed by atoms with Crippen LogP contribution >= 0.6 is 0 Å². The van der Waals surface area contributed by atoms with Gasteiger partial charge >= 0.3 is 12.2 Å². The summed E-state index contributed by atoms with van der Waals surface area (Å²) in [5.74, 6) is -0.431. The molecule has 9 heteroatoms. The first-order valence-electron chi connectivity index (χ1n) is 12.2. The Balaban J connectivity index is 2.17. The topological polar surface area (TPSA) is 85.4 Å². The number of nitrogens with zero attached hydrogens (tertiary/aromatic N) is 2. The van der Waals surface area contributed by atoms with Gasteiger partial charge in [-0.3, -0.25) is 4.79 Å². The monoisotopic (exact) mass is 484 g/mol. The number of hydrogen-bond acceptors (Lipinski definition) is 6. The van der Waals surface area contributed by atoms with Crippen molar-refractivity contribution in [1.82, 2.24) is 9.80 Å². The number of ether oxygens (including phenoxy) is 2. The molecule has 0 N–H and O–H groups in total. The van der Waals surface area contributed by atoms with Gasteiger partial charge in [-0.05, 0) is 51.7 Å². The van der Waals surface area contributed by atoms with Crippen molar-refractivity contribution in [3.63, 3.8) is 0 Å². The Labute approximate surface area is 200 Å². The van der Waals surface area contributed by atoms with Gasteiger partial charge in [0, 0.05) is 31.5 Å². The van der Waals surface area contributed by atoms with Gasteiger partial charge in [-0.15, -0.1) is 0 Å². The Hall–Kier alpha value is -1.61. The lowest BCUT2D eigenvalue weighted by atomic mass is 9.96. The zero-order chi connectivity index (χ0) is 25.2. The van der Waals surface area contributed by atoms with Crippen LogP contribution < -0.4 is 0 Å². The summed E-state index contributed by atoms with van der Waals surface area (Å²) < 4.78 is 17.6. The van der Waals surface area contributed by atoms with Gasteiger partial charge in [-0.2, -0.15) is 0 Å². The third-order valence-corrected chi connectivity index (χ3v) is 11.4. The third-order valence-electron chi connectivity index (χ3n) is 6.84. The molecule has 0 aromatic rings. The van der Waals surface area contributed by atoms with Crippen molar-refractivity contribution in [2.45, 2.75) is 110 Å². The van der Waals surface area contributed by atoms with Crippen molar-refractivity contribution in [2.75, 3.05) is 19.7 Å². The number of imide groups is 1. The van der Waals surface area contributed by atoms with E-state index in [1.54, 1.807) is 25.7 Å². The minimum Gasteiger partial charge on any atom is -0.449 e. The number of amides is 3. The maximum absolute atomic E-state index is 12.9. The summed E-state index contributed by atoms with van der Waals surface area (Å²) in [6.07, 6.45) is 1.49. The van der Waals surface area contributed by atoms with Gasteiger partial charge in [0.2, 0.25) is 5.91 Å². The first-order valence-corrected chi connectivity index (χ1v) is 15.1. The summed E-state index contributed by atoms with van der Waals surface area (Å²) in [7, 11) is -2.04. The Morgan fingerprint density at radius 1 is 1.06 bits per heavy atom. The van der Waals surface area contributed by atoms with Crippen LogP contribution in [0.25, 0.3) is 0 Å². The van der Waals surface area contributed by atoms with Crippen molar-refractivity contribution >= 4 is 26.4 Å². The number of hydrogen-bond donors (Lipinski definition) is 0. The second-order valence-corrected chi connectivity index (χ2v) is 16.6. The van der Waals surface area contributed by atoms with Gasteiger partial charge in [-0.25, -0.2) is 14.5 Å². The van der Waals surface area contributed by atoms with E-state index in [-0.39, 0.29) is 48.1 Å². The first kappa shape index (κ1) is 27.6. The van der Waals surface area contributed by atoms with E-state index in [1.807, 2.05) is 6.92 Å². The van der Waals surface area contributed by atoms with Crippen LogP contribution in [0.1, 0.15) is 74.1 Å². The molecular formula is C24H44N2O6Si. The lowest BCUT2D eigenvalue weighted by Crippen LogP contribution is -2.45. The van der Waals surface area contributed by atoms with Crippen LogP contribution in [0.3, 0.4) is 0 Å². The maximum atomic E-state index is 12.9. The molecule has 2 rings (SSSR count). The summed E-state index contributed by atoms with van der Waals surface area (Å²) in [6, 6.07) is -0.217. The third kappa shape index (κ3) is 7.18. The van der Waals surface area contributed by atoms with Crippen LogP contribution in [-0.2, 0) is 18.7 Å². The average molecular weight is 485 g/mol. The van der Waals surface area contributed by atoms with Crippen LogP contribution in [0.2, 0.25) is 18.1 Å². The zero-order valence-corrected chi connectivity index (χ0v) is 23.0. The molecular weight excluding hydrogens is 440 g/mol. The predicted octanol–water partition coefficient (Wildman–Crippen LogP) is 5.17. The fourth-order valence-electron chi connectivity index (χ4n) is 4.03. The van der Waals surface area contributed by atoms with Crippen molar-refractivity contribution in [3.8, 4) is 0 Å². The summed E-state index contributed by atoms with van der Waals surface area (Å²) in [5, 5.41) is 0.0500. The Kier molecular flexibility index (Phi) is 8.65. The molecule has 8 nitrogen and oxygen atoms in total. The highest BCUT2D eigenvalue weighted by atomic mass is 28.4. The SMILES string of the molecule is CCCCOC(=O)N1CC(O[Si](C)(C)C(C)(C)C)CC1C1CC(=O)N(C(=O)OC(C)(C)C)C1. The molecule has 2 heterocycles. The van der Waals surface area contributed by atoms with E-state index in [0.29, 0.717) is 19.6 Å². The van der Waals surface area contributed by atoms with Crippen molar-refractivity contribution in [1.29, 1.82) is 0 Å². The van der Waals surface area contributed by atoms with Crippen molar-refractivity contribution in [2.24, 2.45) is 5.92 Å². The van der Waals surface area contributed by atoms with Gasteiger partial charge < -0.3 is 18.8 Å². The van der Waals surface area contributed by atoms with Gasteiger partial charge in [0.25, 0.3) is 0 Å². The minimum atomic E-state index is -2.04. The Morgan fingerprint density at radius 3 is 2.24 bits per heavy atom. The summed E-state index contributed by atoms with van der Waals surface area (Å²) in [5.41, 5.74) is -0.681. The molecule has 33 heavy (non-hydrogen) atoms. The molecule has 0 spiro atoms. The number of carbonyl (C=O) groups excluding carboxylic acids is 3. The van der Waals surface area contributed by atoms with Crippen molar-refractivity contribution in [3.05, 3.63) is 0 Å². The molecule has 190 valence electrons. The van der Waals surface area contributed by atoms with Gasteiger partial charge in [0.05, 0.1) is 12.7 Å². The molecule has 3 atom stereocenters. The molecule has 2 aliphatic rings.